The van der Waals surface area contributed by atoms with Crippen molar-refractivity contribution in [2.75, 3.05) is 13.7 Å². The smallest absolute Gasteiger partial charge is 0.367 e. The van der Waals surface area contributed by atoms with E-state index in [2.05, 4.69) is 30.3 Å². The number of imidazole rings is 1. The van der Waals surface area contributed by atoms with Gasteiger partial charge in [0.25, 0.3) is 0 Å². The molecule has 31 heavy (non-hydrogen) atoms. The molecule has 2 heterocycles. The topological polar surface area (TPSA) is 76.4 Å². The van der Waals surface area contributed by atoms with Gasteiger partial charge >= 0.3 is 6.18 Å². The Morgan fingerprint density at radius 2 is 1.74 bits per heavy atom. The first-order valence-electron chi connectivity index (χ1n) is 9.53. The monoisotopic (exact) mass is 432 g/mol. The molecule has 0 aliphatic heterocycles. The van der Waals surface area contributed by atoms with Crippen LogP contribution < -0.4 is 10.6 Å². The van der Waals surface area contributed by atoms with Gasteiger partial charge in [-0.25, -0.2) is 9.97 Å². The number of ether oxygens (including phenoxy) is 1. The summed E-state index contributed by atoms with van der Waals surface area (Å²) in [5, 5.41) is 6.45. The molecule has 1 aromatic carbocycles. The quantitative estimate of drug-likeness (QED) is 0.422. The van der Waals surface area contributed by atoms with Crippen molar-refractivity contribution in [1.29, 1.82) is 0 Å². The summed E-state index contributed by atoms with van der Waals surface area (Å²) in [6, 6.07) is 11.1. The number of guanidine groups is 1. The summed E-state index contributed by atoms with van der Waals surface area (Å²) in [5.41, 5.74) is 2.68. The average Bonchev–Trinajstić information content (AvgIpc) is 3.29. The Labute approximate surface area is 178 Å². The summed E-state index contributed by atoms with van der Waals surface area (Å²) in [6.07, 6.45) is 2.63. The number of halogens is 3. The van der Waals surface area contributed by atoms with Crippen molar-refractivity contribution >= 4 is 5.96 Å². The van der Waals surface area contributed by atoms with Crippen LogP contribution in [0.5, 0.6) is 0 Å². The predicted molar refractivity (Wildman–Crippen MR) is 111 cm³/mol. The van der Waals surface area contributed by atoms with Crippen LogP contribution in [0.25, 0.3) is 5.82 Å². The molecule has 0 unspecified atom stereocenters. The summed E-state index contributed by atoms with van der Waals surface area (Å²) in [6.45, 7) is -0.262. The molecule has 0 spiro atoms. The molecule has 10 heteroatoms. The van der Waals surface area contributed by atoms with Crippen molar-refractivity contribution in [2.24, 2.45) is 4.99 Å². The number of alkyl halides is 3. The second-order valence-corrected chi connectivity index (χ2v) is 6.70. The summed E-state index contributed by atoms with van der Waals surface area (Å²) in [4.78, 5) is 12.6. The fourth-order valence-corrected chi connectivity index (χ4v) is 2.74. The zero-order valence-electron chi connectivity index (χ0n) is 16.9. The molecule has 0 bridgehead atoms. The van der Waals surface area contributed by atoms with Crippen molar-refractivity contribution in [3.05, 3.63) is 78.0 Å². The van der Waals surface area contributed by atoms with Crippen LogP contribution in [0, 0.1) is 0 Å². The molecular formula is C21H23F3N6O. The maximum Gasteiger partial charge on any atom is 0.411 e. The maximum absolute atomic E-state index is 12.1. The van der Waals surface area contributed by atoms with Crippen LogP contribution in [0.4, 0.5) is 13.2 Å². The van der Waals surface area contributed by atoms with Crippen molar-refractivity contribution in [3.8, 4) is 5.82 Å². The number of hydrogen-bond donors (Lipinski definition) is 2. The van der Waals surface area contributed by atoms with Crippen molar-refractivity contribution in [3.63, 3.8) is 0 Å². The predicted octanol–water partition coefficient (Wildman–Crippen LogP) is 3.21. The molecule has 3 aromatic rings. The minimum absolute atomic E-state index is 0.0799. The molecular weight excluding hydrogens is 409 g/mol. The van der Waals surface area contributed by atoms with E-state index in [-0.39, 0.29) is 6.61 Å². The van der Waals surface area contributed by atoms with Gasteiger partial charge in [0.15, 0.2) is 5.96 Å². The first-order chi connectivity index (χ1) is 14.9. The van der Waals surface area contributed by atoms with E-state index in [1.54, 1.807) is 37.9 Å². The molecule has 7 nitrogen and oxygen atoms in total. The third kappa shape index (κ3) is 7.41. The van der Waals surface area contributed by atoms with E-state index in [0.717, 1.165) is 16.9 Å². The molecule has 3 rings (SSSR count). The van der Waals surface area contributed by atoms with Gasteiger partial charge in [-0.05, 0) is 28.8 Å². The number of nitrogens with zero attached hydrogens (tertiary/aromatic N) is 4. The Bertz CT molecular complexity index is 972. The third-order valence-corrected chi connectivity index (χ3v) is 4.28. The summed E-state index contributed by atoms with van der Waals surface area (Å²) < 4.78 is 42.9. The van der Waals surface area contributed by atoms with Crippen LogP contribution in [0.3, 0.4) is 0 Å². The Morgan fingerprint density at radius 1 is 1.03 bits per heavy atom. The lowest BCUT2D eigenvalue weighted by Crippen LogP contribution is -2.36. The number of nitrogens with one attached hydrogen (secondary N) is 2. The molecule has 0 aliphatic rings. The molecule has 0 saturated heterocycles. The Balaban J connectivity index is 1.46. The highest BCUT2D eigenvalue weighted by molar-refractivity contribution is 5.79. The lowest BCUT2D eigenvalue weighted by atomic mass is 10.1. The number of hydrogen-bond acceptors (Lipinski definition) is 4. The molecule has 0 amide bonds. The number of benzene rings is 1. The molecule has 164 valence electrons. The fourth-order valence-electron chi connectivity index (χ4n) is 2.74. The van der Waals surface area contributed by atoms with Crippen LogP contribution in [0.1, 0.15) is 16.7 Å². The second-order valence-electron chi connectivity index (χ2n) is 6.70. The third-order valence-electron chi connectivity index (χ3n) is 4.28. The Kier molecular flexibility index (Phi) is 7.60. The van der Waals surface area contributed by atoms with E-state index in [1.165, 1.54) is 0 Å². The largest absolute Gasteiger partial charge is 0.411 e. The molecule has 0 radical (unpaired) electrons. The summed E-state index contributed by atoms with van der Waals surface area (Å²) in [5.74, 6) is 1.40. The van der Waals surface area contributed by atoms with Gasteiger partial charge < -0.3 is 15.4 Å². The van der Waals surface area contributed by atoms with Crippen LogP contribution in [0.15, 0.2) is 66.3 Å². The second kappa shape index (κ2) is 10.6. The van der Waals surface area contributed by atoms with Crippen LogP contribution in [-0.2, 0) is 24.4 Å². The number of aromatic nitrogens is 3. The lowest BCUT2D eigenvalue weighted by molar-refractivity contribution is -0.176. The van der Waals surface area contributed by atoms with E-state index in [9.17, 15) is 13.2 Å². The Hall–Kier alpha value is -3.40. The highest BCUT2D eigenvalue weighted by Crippen LogP contribution is 2.16. The van der Waals surface area contributed by atoms with Gasteiger partial charge in [-0.1, -0.05) is 24.3 Å². The first-order valence-corrected chi connectivity index (χ1v) is 9.53. The summed E-state index contributed by atoms with van der Waals surface area (Å²) >= 11 is 0. The molecule has 2 aromatic heterocycles. The van der Waals surface area contributed by atoms with Gasteiger partial charge in [-0.2, -0.15) is 13.2 Å². The molecule has 0 fully saturated rings. The summed E-state index contributed by atoms with van der Waals surface area (Å²) in [7, 11) is 1.68. The van der Waals surface area contributed by atoms with Gasteiger partial charge in [-0.3, -0.25) is 9.56 Å². The SMILES string of the molecule is CN=C(NCc1ccc(COCC(F)(F)F)cc1)NCc1ccnc(-n2ccnc2)c1. The van der Waals surface area contributed by atoms with Gasteiger partial charge in [-0.15, -0.1) is 0 Å². The van der Waals surface area contributed by atoms with Crippen molar-refractivity contribution < 1.29 is 17.9 Å². The molecule has 0 atom stereocenters. The van der Waals surface area contributed by atoms with Gasteiger partial charge in [0.05, 0.1) is 6.61 Å². The normalized spacial score (nSPS) is 12.1. The first kappa shape index (κ1) is 22.3. The standard InChI is InChI=1S/C21H23F3N6O/c1-25-20(29-12-18-6-7-27-19(10-18)30-9-8-26-15-30)28-11-16-2-4-17(5-3-16)13-31-14-21(22,23)24/h2-10,15H,11-14H2,1H3,(H2,25,28,29). The van der Waals surface area contributed by atoms with Crippen LogP contribution >= 0.6 is 0 Å². The van der Waals surface area contributed by atoms with E-state index in [1.807, 2.05) is 35.0 Å². The molecule has 0 aliphatic carbocycles. The fraction of sp³-hybridized carbons (Fsp3) is 0.286. The Morgan fingerprint density at radius 3 is 2.39 bits per heavy atom. The number of pyridine rings is 1. The van der Waals surface area contributed by atoms with Crippen molar-refractivity contribution in [2.45, 2.75) is 25.9 Å². The minimum atomic E-state index is -4.32. The van der Waals surface area contributed by atoms with E-state index in [4.69, 9.17) is 0 Å². The van der Waals surface area contributed by atoms with Gasteiger partial charge in [0, 0.05) is 38.7 Å². The van der Waals surface area contributed by atoms with Crippen LogP contribution in [0.2, 0.25) is 0 Å². The van der Waals surface area contributed by atoms with Crippen LogP contribution in [-0.4, -0.2) is 40.3 Å². The average molecular weight is 432 g/mol. The molecule has 0 saturated carbocycles. The molecule has 2 N–H and O–H groups in total. The van der Waals surface area contributed by atoms with E-state index >= 15 is 0 Å². The number of rotatable bonds is 8. The maximum atomic E-state index is 12.1. The lowest BCUT2D eigenvalue weighted by Gasteiger charge is -2.13. The van der Waals surface area contributed by atoms with E-state index < -0.39 is 12.8 Å². The van der Waals surface area contributed by atoms with Gasteiger partial charge in [0.2, 0.25) is 0 Å². The van der Waals surface area contributed by atoms with Crippen molar-refractivity contribution in [1.82, 2.24) is 25.2 Å². The highest BCUT2D eigenvalue weighted by Gasteiger charge is 2.27. The van der Waals surface area contributed by atoms with E-state index in [0.29, 0.717) is 24.6 Å². The van der Waals surface area contributed by atoms with Gasteiger partial charge in [0.1, 0.15) is 18.8 Å². The zero-order valence-corrected chi connectivity index (χ0v) is 16.9. The highest BCUT2D eigenvalue weighted by atomic mass is 19.4. The number of aliphatic imine (C=N–C) groups is 1. The zero-order chi connectivity index (χ0) is 22.1. The minimum Gasteiger partial charge on any atom is -0.367 e.